The molecule has 0 spiro atoms. The second-order valence-corrected chi connectivity index (χ2v) is 10.2. The SMILES string of the molecule is CCOc1ccc2cc(-c3ccc4nc(CN(C)CN5C=COC5)n(C)c4c3)c(=O)n(-c3ccc(OC(F)F)cc3)c2n1. The predicted octanol–water partition coefficient (Wildman–Crippen LogP) is 5.09. The Bertz CT molecular complexity index is 1870. The Morgan fingerprint density at radius 2 is 1.88 bits per heavy atom. The average molecular weight is 589 g/mol. The Morgan fingerprint density at radius 3 is 2.60 bits per heavy atom. The molecule has 1 aliphatic heterocycles. The molecule has 3 aromatic heterocycles. The van der Waals surface area contributed by atoms with E-state index in [1.807, 2.05) is 62.1 Å². The van der Waals surface area contributed by atoms with Gasteiger partial charge in [-0.15, -0.1) is 0 Å². The summed E-state index contributed by atoms with van der Waals surface area (Å²) in [6.07, 6.45) is 3.59. The first-order valence-electron chi connectivity index (χ1n) is 13.7. The third-order valence-electron chi connectivity index (χ3n) is 7.16. The van der Waals surface area contributed by atoms with Gasteiger partial charge in [-0.1, -0.05) is 6.07 Å². The van der Waals surface area contributed by atoms with Crippen LogP contribution in [0.3, 0.4) is 0 Å². The van der Waals surface area contributed by atoms with Crippen molar-refractivity contribution in [2.24, 2.45) is 7.05 Å². The molecule has 0 atom stereocenters. The maximum Gasteiger partial charge on any atom is 0.387 e. The van der Waals surface area contributed by atoms with Crippen molar-refractivity contribution in [1.82, 2.24) is 28.9 Å². The molecular formula is C31H30F2N6O4. The van der Waals surface area contributed by atoms with Crippen LogP contribution in [0.1, 0.15) is 12.7 Å². The van der Waals surface area contributed by atoms with Gasteiger partial charge in [0.05, 0.1) is 36.5 Å². The van der Waals surface area contributed by atoms with Crippen molar-refractivity contribution in [2.75, 3.05) is 27.1 Å². The molecule has 0 N–H and O–H groups in total. The zero-order chi connectivity index (χ0) is 30.1. The maximum absolute atomic E-state index is 14.1. The van der Waals surface area contributed by atoms with Gasteiger partial charge in [-0.2, -0.15) is 13.8 Å². The lowest BCUT2D eigenvalue weighted by Gasteiger charge is -2.22. The van der Waals surface area contributed by atoms with Crippen molar-refractivity contribution >= 4 is 22.1 Å². The first-order chi connectivity index (χ1) is 20.8. The second-order valence-electron chi connectivity index (χ2n) is 10.2. The number of nitrogens with zero attached hydrogens (tertiary/aromatic N) is 6. The largest absolute Gasteiger partial charge is 0.479 e. The van der Waals surface area contributed by atoms with Crippen LogP contribution in [0.4, 0.5) is 8.78 Å². The number of benzene rings is 2. The second kappa shape index (κ2) is 11.7. The molecule has 0 radical (unpaired) electrons. The number of pyridine rings is 2. The van der Waals surface area contributed by atoms with Gasteiger partial charge < -0.3 is 23.7 Å². The topological polar surface area (TPSA) is 86.9 Å². The van der Waals surface area contributed by atoms with Crippen molar-refractivity contribution in [3.05, 3.63) is 89.3 Å². The molecule has 0 saturated carbocycles. The minimum atomic E-state index is -2.95. The van der Waals surface area contributed by atoms with E-state index in [-0.39, 0.29) is 11.3 Å². The van der Waals surface area contributed by atoms with Gasteiger partial charge >= 0.3 is 6.61 Å². The first-order valence-corrected chi connectivity index (χ1v) is 13.7. The van der Waals surface area contributed by atoms with Crippen molar-refractivity contribution < 1.29 is 23.0 Å². The van der Waals surface area contributed by atoms with Crippen LogP contribution in [-0.4, -0.2) is 62.6 Å². The molecule has 0 saturated heterocycles. The Hall–Kier alpha value is -4.97. The molecule has 1 aliphatic rings. The highest BCUT2D eigenvalue weighted by Gasteiger charge is 2.18. The molecule has 6 rings (SSSR count). The highest BCUT2D eigenvalue weighted by Crippen LogP contribution is 2.28. The van der Waals surface area contributed by atoms with Gasteiger partial charge in [0.2, 0.25) is 5.88 Å². The normalized spacial score (nSPS) is 13.0. The average Bonchev–Trinajstić information content (AvgIpc) is 3.60. The van der Waals surface area contributed by atoms with Crippen LogP contribution >= 0.6 is 0 Å². The molecule has 0 unspecified atom stereocenters. The zero-order valence-corrected chi connectivity index (χ0v) is 23.9. The molecule has 5 aromatic rings. The lowest BCUT2D eigenvalue weighted by Crippen LogP contribution is -2.31. The van der Waals surface area contributed by atoms with E-state index in [2.05, 4.69) is 19.5 Å². The third kappa shape index (κ3) is 5.73. The minimum absolute atomic E-state index is 0.0106. The summed E-state index contributed by atoms with van der Waals surface area (Å²) in [5, 5.41) is 0.707. The van der Waals surface area contributed by atoms with Crippen molar-refractivity contribution in [3.8, 4) is 28.4 Å². The molecule has 2 aromatic carbocycles. The first kappa shape index (κ1) is 28.2. The molecule has 10 nitrogen and oxygen atoms in total. The van der Waals surface area contributed by atoms with Crippen LogP contribution in [0.2, 0.25) is 0 Å². The fourth-order valence-corrected chi connectivity index (χ4v) is 5.17. The van der Waals surface area contributed by atoms with Gasteiger partial charge in [0.1, 0.15) is 17.8 Å². The van der Waals surface area contributed by atoms with Crippen LogP contribution in [0.15, 0.2) is 77.9 Å². The number of hydrogen-bond donors (Lipinski definition) is 0. The summed E-state index contributed by atoms with van der Waals surface area (Å²) in [6, 6.07) is 17.0. The number of aryl methyl sites for hydroxylation is 1. The van der Waals surface area contributed by atoms with E-state index < -0.39 is 6.61 Å². The Balaban J connectivity index is 1.42. The fourth-order valence-electron chi connectivity index (χ4n) is 5.17. The van der Waals surface area contributed by atoms with Gasteiger partial charge in [-0.3, -0.25) is 14.3 Å². The number of hydrogen-bond acceptors (Lipinski definition) is 8. The molecule has 43 heavy (non-hydrogen) atoms. The van der Waals surface area contributed by atoms with Gasteiger partial charge in [-0.05, 0) is 68.1 Å². The fraction of sp³-hybridized carbons (Fsp3) is 0.258. The number of aromatic nitrogens is 4. The summed E-state index contributed by atoms with van der Waals surface area (Å²) in [5.74, 6) is 1.24. The van der Waals surface area contributed by atoms with E-state index in [1.54, 1.807) is 24.5 Å². The molecule has 4 heterocycles. The van der Waals surface area contributed by atoms with Crippen molar-refractivity contribution in [3.63, 3.8) is 0 Å². The Labute approximate surface area is 246 Å². The van der Waals surface area contributed by atoms with E-state index in [9.17, 15) is 13.6 Å². The van der Waals surface area contributed by atoms with Gasteiger partial charge in [-0.25, -0.2) is 4.98 Å². The monoisotopic (exact) mass is 588 g/mol. The molecule has 0 aliphatic carbocycles. The van der Waals surface area contributed by atoms with Crippen LogP contribution in [0.5, 0.6) is 11.6 Å². The molecule has 0 bridgehead atoms. The summed E-state index contributed by atoms with van der Waals surface area (Å²) < 4.78 is 44.3. The molecule has 0 fully saturated rings. The van der Waals surface area contributed by atoms with Crippen LogP contribution in [-0.2, 0) is 18.3 Å². The smallest absolute Gasteiger partial charge is 0.387 e. The molecule has 222 valence electrons. The van der Waals surface area contributed by atoms with Crippen LogP contribution < -0.4 is 15.0 Å². The summed E-state index contributed by atoms with van der Waals surface area (Å²) in [5.41, 5.74) is 3.37. The summed E-state index contributed by atoms with van der Waals surface area (Å²) in [4.78, 5) is 27.8. The summed E-state index contributed by atoms with van der Waals surface area (Å²) >= 11 is 0. The number of ether oxygens (including phenoxy) is 3. The van der Waals surface area contributed by atoms with Crippen molar-refractivity contribution in [1.29, 1.82) is 0 Å². The van der Waals surface area contributed by atoms with Crippen molar-refractivity contribution in [2.45, 2.75) is 20.1 Å². The Kier molecular flexibility index (Phi) is 7.68. The highest BCUT2D eigenvalue weighted by atomic mass is 19.3. The minimum Gasteiger partial charge on any atom is -0.479 e. The van der Waals surface area contributed by atoms with Crippen LogP contribution in [0.25, 0.3) is 38.9 Å². The summed E-state index contributed by atoms with van der Waals surface area (Å²) in [7, 11) is 3.98. The Morgan fingerprint density at radius 1 is 1.07 bits per heavy atom. The number of rotatable bonds is 10. The number of alkyl halides is 2. The van der Waals surface area contributed by atoms with E-state index in [4.69, 9.17) is 14.5 Å². The number of halogens is 2. The number of fused-ring (bicyclic) bond motifs is 2. The van der Waals surface area contributed by atoms with Gasteiger partial charge in [0.15, 0.2) is 12.4 Å². The highest BCUT2D eigenvalue weighted by molar-refractivity contribution is 5.87. The standard InChI is InChI=1S/C31H30F2N6O4/c1-4-42-28-12-6-21-15-24(30(40)39(29(21)35-28)22-7-9-23(10-8-22)43-31(32)33)20-5-11-25-26(16-20)37(3)27(34-25)17-36(2)18-38-13-14-41-19-38/h5-16,31H,4,17-19H2,1-3H3. The van der Waals surface area contributed by atoms with Gasteiger partial charge in [0, 0.05) is 30.3 Å². The molecule has 0 amide bonds. The lowest BCUT2D eigenvalue weighted by molar-refractivity contribution is -0.0498. The lowest BCUT2D eigenvalue weighted by atomic mass is 10.0. The van der Waals surface area contributed by atoms with E-state index in [1.165, 1.54) is 16.7 Å². The van der Waals surface area contributed by atoms with Crippen LogP contribution in [0, 0.1) is 0 Å². The molecular weight excluding hydrogens is 558 g/mol. The van der Waals surface area contributed by atoms with E-state index in [0.29, 0.717) is 60.3 Å². The predicted molar refractivity (Wildman–Crippen MR) is 158 cm³/mol. The maximum atomic E-state index is 14.1. The zero-order valence-electron chi connectivity index (χ0n) is 23.9. The van der Waals surface area contributed by atoms with Gasteiger partial charge in [0.25, 0.3) is 5.56 Å². The molecule has 12 heteroatoms. The summed E-state index contributed by atoms with van der Waals surface area (Å²) in [6.45, 7) is 1.14. The third-order valence-corrected chi connectivity index (χ3v) is 7.16. The van der Waals surface area contributed by atoms with E-state index >= 15 is 0 Å². The number of imidazole rings is 1. The quantitative estimate of drug-likeness (QED) is 0.223. The van der Waals surface area contributed by atoms with E-state index in [0.717, 1.165) is 16.9 Å².